The van der Waals surface area contributed by atoms with Crippen LogP contribution in [-0.2, 0) is 14.3 Å². The van der Waals surface area contributed by atoms with Crippen LogP contribution in [0.1, 0.15) is 47.9 Å². The van der Waals surface area contributed by atoms with Crippen molar-refractivity contribution in [2.45, 2.75) is 12.5 Å². The second kappa shape index (κ2) is 7.34. The minimum atomic E-state index is -0.653. The van der Waals surface area contributed by atoms with Crippen LogP contribution in [0.5, 0.6) is 0 Å². The van der Waals surface area contributed by atoms with E-state index in [0.717, 1.165) is 9.80 Å². The predicted molar refractivity (Wildman–Crippen MR) is 103 cm³/mol. The number of amides is 4. The van der Waals surface area contributed by atoms with Crippen LogP contribution >= 0.6 is 0 Å². The summed E-state index contributed by atoms with van der Waals surface area (Å²) in [7, 11) is 2.83. The van der Waals surface area contributed by atoms with Gasteiger partial charge in [-0.25, -0.2) is 0 Å². The zero-order chi connectivity index (χ0) is 21.6. The highest BCUT2D eigenvalue weighted by Gasteiger charge is 2.41. The van der Waals surface area contributed by atoms with Crippen LogP contribution in [0.4, 0.5) is 0 Å². The van der Waals surface area contributed by atoms with E-state index in [2.05, 4.69) is 0 Å². The molecular formula is C21H18N2O7. The van der Waals surface area contributed by atoms with Gasteiger partial charge in [0, 0.05) is 53.6 Å². The molecule has 2 aromatic carbocycles. The van der Waals surface area contributed by atoms with Crippen molar-refractivity contribution in [1.82, 2.24) is 9.80 Å². The smallest absolute Gasteiger partial charge is 0.293 e. The molecule has 9 nitrogen and oxygen atoms in total. The van der Waals surface area contributed by atoms with E-state index >= 15 is 0 Å². The van der Waals surface area contributed by atoms with Crippen LogP contribution < -0.4 is 0 Å². The van der Waals surface area contributed by atoms with Crippen molar-refractivity contribution < 1.29 is 33.4 Å². The molecule has 4 rings (SSSR count). The van der Waals surface area contributed by atoms with Gasteiger partial charge in [0.2, 0.25) is 0 Å². The lowest BCUT2D eigenvalue weighted by Crippen LogP contribution is -2.49. The summed E-state index contributed by atoms with van der Waals surface area (Å²) in [5, 5.41) is 0.637. The Morgan fingerprint density at radius 3 is 1.77 bits per heavy atom. The van der Waals surface area contributed by atoms with E-state index in [4.69, 9.17) is 9.47 Å². The molecule has 2 heterocycles. The molecule has 30 heavy (non-hydrogen) atoms. The van der Waals surface area contributed by atoms with Gasteiger partial charge in [-0.05, 0) is 24.3 Å². The van der Waals surface area contributed by atoms with Crippen LogP contribution in [0.15, 0.2) is 24.3 Å². The minimum Gasteiger partial charge on any atom is -0.468 e. The number of hydrogen-bond acceptors (Lipinski definition) is 7. The summed E-state index contributed by atoms with van der Waals surface area (Å²) in [6, 6.07) is 5.35. The van der Waals surface area contributed by atoms with Crippen molar-refractivity contribution in [2.75, 3.05) is 27.4 Å². The third-order valence-corrected chi connectivity index (χ3v) is 5.49. The van der Waals surface area contributed by atoms with E-state index in [9.17, 15) is 24.0 Å². The lowest BCUT2D eigenvalue weighted by atomic mass is 9.85. The van der Waals surface area contributed by atoms with Gasteiger partial charge in [0.25, 0.3) is 30.1 Å². The summed E-state index contributed by atoms with van der Waals surface area (Å²) in [6.45, 7) is 0.381. The van der Waals surface area contributed by atoms with Crippen LogP contribution in [0.3, 0.4) is 0 Å². The normalized spacial score (nSPS) is 16.3. The second-order valence-corrected chi connectivity index (χ2v) is 7.09. The molecule has 2 aromatic rings. The lowest BCUT2D eigenvalue weighted by Gasteiger charge is -2.34. The predicted octanol–water partition coefficient (Wildman–Crippen LogP) is 1.24. The first-order chi connectivity index (χ1) is 14.4. The molecule has 0 spiro atoms. The molecule has 0 N–H and O–H groups in total. The zero-order valence-electron chi connectivity index (χ0n) is 16.3. The Labute approximate surface area is 171 Å². The van der Waals surface area contributed by atoms with Crippen molar-refractivity contribution in [3.63, 3.8) is 0 Å². The van der Waals surface area contributed by atoms with E-state index in [1.165, 1.54) is 38.4 Å². The van der Waals surface area contributed by atoms with Crippen molar-refractivity contribution in [3.05, 3.63) is 46.5 Å². The summed E-state index contributed by atoms with van der Waals surface area (Å²) in [5.41, 5.74) is 1.00. The fourth-order valence-corrected chi connectivity index (χ4v) is 4.08. The number of imide groups is 2. The number of benzene rings is 2. The molecule has 0 aliphatic carbocycles. The summed E-state index contributed by atoms with van der Waals surface area (Å²) >= 11 is 0. The summed E-state index contributed by atoms with van der Waals surface area (Å²) < 4.78 is 9.89. The molecule has 0 bridgehead atoms. The van der Waals surface area contributed by atoms with Gasteiger partial charge in [-0.15, -0.1) is 0 Å². The van der Waals surface area contributed by atoms with E-state index in [1.54, 1.807) is 0 Å². The topological polar surface area (TPSA) is 110 Å². The summed E-state index contributed by atoms with van der Waals surface area (Å²) in [4.78, 5) is 64.3. The van der Waals surface area contributed by atoms with Crippen LogP contribution in [0.25, 0.3) is 10.8 Å². The molecule has 2 aliphatic rings. The molecule has 154 valence electrons. The molecular weight excluding hydrogens is 392 g/mol. The molecule has 2 aliphatic heterocycles. The highest BCUT2D eigenvalue weighted by atomic mass is 16.5. The van der Waals surface area contributed by atoms with E-state index in [1.807, 2.05) is 0 Å². The van der Waals surface area contributed by atoms with E-state index in [-0.39, 0.29) is 41.9 Å². The Balaban J connectivity index is 1.87. The van der Waals surface area contributed by atoms with Crippen molar-refractivity contribution in [2.24, 2.45) is 0 Å². The average Bonchev–Trinajstić information content (AvgIpc) is 2.74. The van der Waals surface area contributed by atoms with Crippen LogP contribution in [0, 0.1) is 0 Å². The largest absolute Gasteiger partial charge is 0.468 e. The van der Waals surface area contributed by atoms with Gasteiger partial charge < -0.3 is 9.47 Å². The average molecular weight is 410 g/mol. The molecule has 9 heteroatoms. The highest BCUT2D eigenvalue weighted by molar-refractivity contribution is 6.33. The van der Waals surface area contributed by atoms with Crippen molar-refractivity contribution >= 4 is 40.9 Å². The number of hydrogen-bond donors (Lipinski definition) is 0. The quantitative estimate of drug-likeness (QED) is 0.384. The Bertz CT molecular complexity index is 1050. The van der Waals surface area contributed by atoms with E-state index in [0.29, 0.717) is 17.2 Å². The molecule has 0 aromatic heterocycles. The first-order valence-electron chi connectivity index (χ1n) is 9.26. The number of carbonyl (C=O) groups is 5. The monoisotopic (exact) mass is 410 g/mol. The molecule has 0 radical (unpaired) electrons. The molecule has 4 amide bonds. The van der Waals surface area contributed by atoms with Gasteiger partial charge in [0.05, 0.1) is 19.3 Å². The van der Waals surface area contributed by atoms with Gasteiger partial charge in [-0.1, -0.05) is 0 Å². The van der Waals surface area contributed by atoms with Crippen molar-refractivity contribution in [1.29, 1.82) is 0 Å². The van der Waals surface area contributed by atoms with Crippen molar-refractivity contribution in [3.8, 4) is 0 Å². The Kier molecular flexibility index (Phi) is 4.83. The maximum Gasteiger partial charge on any atom is 0.293 e. The highest BCUT2D eigenvalue weighted by Crippen LogP contribution is 2.38. The van der Waals surface area contributed by atoms with Gasteiger partial charge in [0.1, 0.15) is 0 Å². The first-order valence-corrected chi connectivity index (χ1v) is 9.26. The maximum absolute atomic E-state index is 13.3. The molecule has 0 saturated carbocycles. The SMILES string of the molecule is COCC(CCOC=O)N1C(=O)c2ccc3c4c(ccc(c24)C1=O)C(=O)N(C)C3=O. The maximum atomic E-state index is 13.3. The second-order valence-electron chi connectivity index (χ2n) is 7.09. The summed E-state index contributed by atoms with van der Waals surface area (Å²) in [5.74, 6) is -2.07. The van der Waals surface area contributed by atoms with Crippen LogP contribution in [0.2, 0.25) is 0 Å². The van der Waals surface area contributed by atoms with Gasteiger partial charge in [0.15, 0.2) is 0 Å². The first kappa shape index (κ1) is 19.7. The van der Waals surface area contributed by atoms with Gasteiger partial charge >= 0.3 is 0 Å². The molecule has 0 saturated heterocycles. The zero-order valence-corrected chi connectivity index (χ0v) is 16.3. The number of nitrogens with zero attached hydrogens (tertiary/aromatic N) is 2. The number of rotatable bonds is 7. The fraction of sp³-hybridized carbons (Fsp3) is 0.286. The minimum absolute atomic E-state index is 0.0179. The Morgan fingerprint density at radius 2 is 1.33 bits per heavy atom. The molecule has 1 atom stereocenters. The third-order valence-electron chi connectivity index (χ3n) is 5.49. The van der Waals surface area contributed by atoms with Gasteiger partial charge in [-0.2, -0.15) is 0 Å². The molecule has 1 unspecified atom stereocenters. The fourth-order valence-electron chi connectivity index (χ4n) is 4.08. The number of methoxy groups -OCH3 is 1. The number of ether oxygens (including phenoxy) is 2. The van der Waals surface area contributed by atoms with E-state index < -0.39 is 29.7 Å². The standard InChI is InChI=1S/C21H18N2O7/c1-22-18(25)12-3-5-14-17-15(6-4-13(16(12)17)19(22)26)21(28)23(20(14)27)11(9-29-2)7-8-30-10-24/h3-6,10-11H,7-9H2,1-2H3. The lowest BCUT2D eigenvalue weighted by molar-refractivity contribution is -0.129. The number of carbonyl (C=O) groups excluding carboxylic acids is 5. The summed E-state index contributed by atoms with van der Waals surface area (Å²) in [6.07, 6.45) is 0.209. The molecule has 0 fully saturated rings. The van der Waals surface area contributed by atoms with Crippen LogP contribution in [-0.4, -0.2) is 73.3 Å². The Morgan fingerprint density at radius 1 is 0.867 bits per heavy atom. The third kappa shape index (κ3) is 2.70. The Hall–Kier alpha value is -3.59. The van der Waals surface area contributed by atoms with Gasteiger partial charge in [-0.3, -0.25) is 33.8 Å².